The molecule has 0 amide bonds. The topological polar surface area (TPSA) is 81.2 Å². The van der Waals surface area contributed by atoms with Crippen LogP contribution < -0.4 is 9.46 Å². The van der Waals surface area contributed by atoms with Crippen LogP contribution in [0.15, 0.2) is 60.9 Å². The number of rotatable bonds is 7. The first-order chi connectivity index (χ1) is 14.2. The summed E-state index contributed by atoms with van der Waals surface area (Å²) in [6, 6.07) is 12.9. The van der Waals surface area contributed by atoms with Crippen LogP contribution in [-0.4, -0.2) is 25.5 Å². The standard InChI is InChI=1S/C20H18F3N3O3S/c1-29-18-8-4-15(5-9-18)19-10-17(24-13-25-19)11-26-30(27,28)12-14-2-6-16(7-3-14)20(21,22)23/h2-10,13,26H,11-12H2,1H3. The fraction of sp³-hybridized carbons (Fsp3) is 0.200. The van der Waals surface area contributed by atoms with Crippen molar-refractivity contribution in [3.63, 3.8) is 0 Å². The van der Waals surface area contributed by atoms with Crippen LogP contribution >= 0.6 is 0 Å². The van der Waals surface area contributed by atoms with E-state index in [-0.39, 0.29) is 12.1 Å². The largest absolute Gasteiger partial charge is 0.497 e. The molecule has 1 heterocycles. The van der Waals surface area contributed by atoms with E-state index in [9.17, 15) is 21.6 Å². The van der Waals surface area contributed by atoms with E-state index in [0.717, 1.165) is 29.8 Å². The minimum atomic E-state index is -4.47. The number of methoxy groups -OCH3 is 1. The Hall–Kier alpha value is -2.98. The highest BCUT2D eigenvalue weighted by Crippen LogP contribution is 2.29. The van der Waals surface area contributed by atoms with Gasteiger partial charge in [0.1, 0.15) is 12.1 Å². The van der Waals surface area contributed by atoms with Crippen LogP contribution in [0.4, 0.5) is 13.2 Å². The average Bonchev–Trinajstić information content (AvgIpc) is 2.72. The maximum absolute atomic E-state index is 12.6. The number of alkyl halides is 3. The molecule has 0 atom stereocenters. The predicted molar refractivity (Wildman–Crippen MR) is 105 cm³/mol. The molecule has 0 aliphatic carbocycles. The number of halogens is 3. The molecule has 0 unspecified atom stereocenters. The van der Waals surface area contributed by atoms with Crippen LogP contribution in [-0.2, 0) is 28.5 Å². The number of hydrogen-bond acceptors (Lipinski definition) is 5. The highest BCUT2D eigenvalue weighted by Gasteiger charge is 2.30. The number of sulfonamides is 1. The van der Waals surface area contributed by atoms with Gasteiger partial charge in [0.25, 0.3) is 0 Å². The first kappa shape index (κ1) is 21.7. The molecule has 158 valence electrons. The predicted octanol–water partition coefficient (Wildman–Crippen LogP) is 3.79. The molecule has 3 rings (SSSR count). The third kappa shape index (κ3) is 5.77. The molecule has 0 saturated heterocycles. The first-order valence-electron chi connectivity index (χ1n) is 8.75. The number of nitrogens with zero attached hydrogens (tertiary/aromatic N) is 2. The van der Waals surface area contributed by atoms with Gasteiger partial charge in [-0.15, -0.1) is 0 Å². The quantitative estimate of drug-likeness (QED) is 0.608. The van der Waals surface area contributed by atoms with Gasteiger partial charge in [0.15, 0.2) is 0 Å². The molecule has 0 spiro atoms. The van der Waals surface area contributed by atoms with Gasteiger partial charge in [-0.05, 0) is 48.0 Å². The highest BCUT2D eigenvalue weighted by molar-refractivity contribution is 7.88. The van der Waals surface area contributed by atoms with Crippen LogP contribution in [0, 0.1) is 0 Å². The van der Waals surface area contributed by atoms with Crippen molar-refractivity contribution in [2.75, 3.05) is 7.11 Å². The molecule has 0 aliphatic heterocycles. The van der Waals surface area contributed by atoms with Gasteiger partial charge >= 0.3 is 6.18 Å². The molecule has 3 aromatic rings. The summed E-state index contributed by atoms with van der Waals surface area (Å²) in [5, 5.41) is 0. The van der Waals surface area contributed by atoms with Crippen molar-refractivity contribution >= 4 is 10.0 Å². The molecule has 0 saturated carbocycles. The van der Waals surface area contributed by atoms with E-state index in [0.29, 0.717) is 17.1 Å². The van der Waals surface area contributed by atoms with E-state index in [1.807, 2.05) is 12.1 Å². The highest BCUT2D eigenvalue weighted by atomic mass is 32.2. The molecule has 6 nitrogen and oxygen atoms in total. The molecule has 0 aliphatic rings. The van der Waals surface area contributed by atoms with E-state index < -0.39 is 27.5 Å². The minimum absolute atomic E-state index is 0.0748. The second-order valence-corrected chi connectivity index (χ2v) is 8.20. The Morgan fingerprint density at radius 1 is 1.00 bits per heavy atom. The summed E-state index contributed by atoms with van der Waals surface area (Å²) in [5.41, 5.74) is 1.30. The SMILES string of the molecule is COc1ccc(-c2cc(CNS(=O)(=O)Cc3ccc(C(F)(F)F)cc3)ncn2)cc1. The van der Waals surface area contributed by atoms with E-state index in [1.165, 1.54) is 6.33 Å². The average molecular weight is 437 g/mol. The Bertz CT molecular complexity index is 1100. The van der Waals surface area contributed by atoms with Crippen molar-refractivity contribution in [1.82, 2.24) is 14.7 Å². The van der Waals surface area contributed by atoms with Gasteiger partial charge in [-0.25, -0.2) is 23.1 Å². The second-order valence-electron chi connectivity index (χ2n) is 6.40. The smallest absolute Gasteiger partial charge is 0.416 e. The van der Waals surface area contributed by atoms with Crippen LogP contribution in [0.3, 0.4) is 0 Å². The zero-order chi connectivity index (χ0) is 21.8. The Balaban J connectivity index is 1.65. The van der Waals surface area contributed by atoms with Gasteiger partial charge in [-0.1, -0.05) is 12.1 Å². The van der Waals surface area contributed by atoms with E-state index in [4.69, 9.17) is 4.74 Å². The third-order valence-corrected chi connectivity index (χ3v) is 5.52. The molecular weight excluding hydrogens is 419 g/mol. The van der Waals surface area contributed by atoms with Gasteiger partial charge in [-0.3, -0.25) is 0 Å². The van der Waals surface area contributed by atoms with Crippen molar-refractivity contribution in [1.29, 1.82) is 0 Å². The fourth-order valence-electron chi connectivity index (χ4n) is 2.66. The van der Waals surface area contributed by atoms with Gasteiger partial charge in [-0.2, -0.15) is 13.2 Å². The Morgan fingerprint density at radius 2 is 1.67 bits per heavy atom. The van der Waals surface area contributed by atoms with E-state index in [2.05, 4.69) is 14.7 Å². The maximum Gasteiger partial charge on any atom is 0.416 e. The Kier molecular flexibility index (Phi) is 6.37. The molecule has 30 heavy (non-hydrogen) atoms. The van der Waals surface area contributed by atoms with Gasteiger partial charge < -0.3 is 4.74 Å². The van der Waals surface area contributed by atoms with Gasteiger partial charge in [0, 0.05) is 5.56 Å². The number of nitrogens with one attached hydrogen (secondary N) is 1. The molecular formula is C20H18F3N3O3S. The van der Waals surface area contributed by atoms with Crippen molar-refractivity contribution in [3.8, 4) is 17.0 Å². The number of ether oxygens (including phenoxy) is 1. The van der Waals surface area contributed by atoms with Crippen molar-refractivity contribution in [3.05, 3.63) is 77.7 Å². The Labute approximate surface area is 171 Å². The summed E-state index contributed by atoms with van der Waals surface area (Å²) in [6.07, 6.45) is -3.14. The van der Waals surface area contributed by atoms with Gasteiger partial charge in [0.2, 0.25) is 10.0 Å². The molecule has 1 N–H and O–H groups in total. The van der Waals surface area contributed by atoms with Gasteiger partial charge in [0.05, 0.1) is 36.4 Å². The fourth-order valence-corrected chi connectivity index (χ4v) is 3.76. The summed E-state index contributed by atoms with van der Waals surface area (Å²) in [7, 11) is -2.21. The van der Waals surface area contributed by atoms with Crippen molar-refractivity contribution in [2.45, 2.75) is 18.5 Å². The first-order valence-corrected chi connectivity index (χ1v) is 10.4. The van der Waals surface area contributed by atoms with Crippen LogP contribution in [0.25, 0.3) is 11.3 Å². The molecule has 10 heteroatoms. The molecule has 0 bridgehead atoms. The van der Waals surface area contributed by atoms with Crippen molar-refractivity contribution in [2.24, 2.45) is 0 Å². The molecule has 0 radical (unpaired) electrons. The molecule has 0 fully saturated rings. The lowest BCUT2D eigenvalue weighted by molar-refractivity contribution is -0.137. The van der Waals surface area contributed by atoms with Crippen LogP contribution in [0.2, 0.25) is 0 Å². The summed E-state index contributed by atoms with van der Waals surface area (Å²) in [5.74, 6) is 0.255. The third-order valence-electron chi connectivity index (χ3n) is 4.22. The van der Waals surface area contributed by atoms with E-state index >= 15 is 0 Å². The molecule has 1 aromatic heterocycles. The monoisotopic (exact) mass is 437 g/mol. The number of aromatic nitrogens is 2. The summed E-state index contributed by atoms with van der Waals surface area (Å²) in [4.78, 5) is 8.24. The lowest BCUT2D eigenvalue weighted by Crippen LogP contribution is -2.25. The summed E-state index contributed by atoms with van der Waals surface area (Å²) >= 11 is 0. The normalized spacial score (nSPS) is 12.0. The summed E-state index contributed by atoms with van der Waals surface area (Å²) in [6.45, 7) is -0.0748. The Morgan fingerprint density at radius 3 is 2.27 bits per heavy atom. The minimum Gasteiger partial charge on any atom is -0.497 e. The lowest BCUT2D eigenvalue weighted by Gasteiger charge is -2.09. The van der Waals surface area contributed by atoms with Crippen molar-refractivity contribution < 1.29 is 26.3 Å². The zero-order valence-corrected chi connectivity index (χ0v) is 16.7. The number of hydrogen-bond donors (Lipinski definition) is 1. The maximum atomic E-state index is 12.6. The summed E-state index contributed by atoms with van der Waals surface area (Å²) < 4.78 is 69.9. The second kappa shape index (κ2) is 8.80. The van der Waals surface area contributed by atoms with Crippen LogP contribution in [0.1, 0.15) is 16.8 Å². The lowest BCUT2D eigenvalue weighted by atomic mass is 10.1. The van der Waals surface area contributed by atoms with Crippen LogP contribution in [0.5, 0.6) is 5.75 Å². The zero-order valence-electron chi connectivity index (χ0n) is 15.8. The van der Waals surface area contributed by atoms with E-state index in [1.54, 1.807) is 25.3 Å². The molecule has 2 aromatic carbocycles. The number of benzene rings is 2.